The van der Waals surface area contributed by atoms with Gasteiger partial charge < -0.3 is 10.3 Å². The number of hydrogen-bond donors (Lipinski definition) is 3. The van der Waals surface area contributed by atoms with Gasteiger partial charge in [0, 0.05) is 29.1 Å². The number of H-pyrrole nitrogens is 1. The van der Waals surface area contributed by atoms with Crippen LogP contribution in [0.3, 0.4) is 0 Å². The molecule has 0 aliphatic heterocycles. The smallest absolute Gasteiger partial charge is 0.272 e. The van der Waals surface area contributed by atoms with Crippen LogP contribution >= 0.6 is 0 Å². The normalized spacial score (nSPS) is 13.5. The molecule has 1 amide bonds. The summed E-state index contributed by atoms with van der Waals surface area (Å²) in [6.45, 7) is 3.66. The molecule has 160 valence electrons. The minimum Gasteiger partial charge on any atom is -0.354 e. The highest BCUT2D eigenvalue weighted by molar-refractivity contribution is 7.92. The zero-order valence-electron chi connectivity index (χ0n) is 17.3. The van der Waals surface area contributed by atoms with Gasteiger partial charge in [0.15, 0.2) is 5.78 Å². The minimum absolute atomic E-state index is 0.0688. The number of ketones is 1. The highest BCUT2D eigenvalue weighted by atomic mass is 32.2. The number of fused-ring (bicyclic) bond motifs is 1. The van der Waals surface area contributed by atoms with E-state index in [-0.39, 0.29) is 16.6 Å². The number of aromatic amines is 1. The van der Waals surface area contributed by atoms with Gasteiger partial charge in [-0.1, -0.05) is 17.7 Å². The fourth-order valence-corrected chi connectivity index (χ4v) is 4.81. The van der Waals surface area contributed by atoms with E-state index in [0.717, 1.165) is 24.1 Å². The zero-order chi connectivity index (χ0) is 22.2. The Hall–Kier alpha value is -3.39. The monoisotopic (exact) mass is 437 g/mol. The van der Waals surface area contributed by atoms with Gasteiger partial charge in [-0.15, -0.1) is 0 Å². The maximum absolute atomic E-state index is 12.7. The Balaban J connectivity index is 1.47. The van der Waals surface area contributed by atoms with Gasteiger partial charge in [0.05, 0.1) is 4.90 Å². The predicted molar refractivity (Wildman–Crippen MR) is 119 cm³/mol. The second-order valence-electron chi connectivity index (χ2n) is 7.71. The average molecular weight is 438 g/mol. The van der Waals surface area contributed by atoms with Crippen molar-refractivity contribution in [1.82, 2.24) is 4.98 Å². The predicted octanol–water partition coefficient (Wildman–Crippen LogP) is 4.20. The Bertz CT molecular complexity index is 1260. The molecule has 0 fully saturated rings. The van der Waals surface area contributed by atoms with E-state index in [2.05, 4.69) is 15.0 Å². The highest BCUT2D eigenvalue weighted by Crippen LogP contribution is 2.27. The van der Waals surface area contributed by atoms with Crippen LogP contribution < -0.4 is 10.0 Å². The van der Waals surface area contributed by atoms with Crippen molar-refractivity contribution in [2.45, 2.75) is 38.0 Å². The second kappa shape index (κ2) is 8.03. The third-order valence-corrected chi connectivity index (χ3v) is 6.79. The first-order valence-electron chi connectivity index (χ1n) is 10.00. The van der Waals surface area contributed by atoms with Crippen molar-refractivity contribution < 1.29 is 18.0 Å². The number of nitrogens with one attached hydrogen (secondary N) is 3. The quantitative estimate of drug-likeness (QED) is 0.556. The van der Waals surface area contributed by atoms with E-state index in [4.69, 9.17) is 0 Å². The van der Waals surface area contributed by atoms with Gasteiger partial charge in [0.1, 0.15) is 5.69 Å². The summed E-state index contributed by atoms with van der Waals surface area (Å²) in [6.07, 6.45) is 2.05. The van der Waals surface area contributed by atoms with Gasteiger partial charge in [0.25, 0.3) is 15.9 Å². The SMILES string of the molecule is Cc1ccc(S(=O)(=O)Nc2ccc(NC(=O)c3[nH]c4c(c3C)C(=O)CCC4)cc2)cc1. The van der Waals surface area contributed by atoms with E-state index in [1.165, 1.54) is 0 Å². The number of benzene rings is 2. The number of aromatic nitrogens is 1. The van der Waals surface area contributed by atoms with Crippen molar-refractivity contribution in [2.24, 2.45) is 0 Å². The standard InChI is InChI=1S/C23H23N3O4S/c1-14-6-12-18(13-7-14)31(29,30)26-17-10-8-16(9-11-17)24-23(28)22-15(2)21-19(25-22)4-3-5-20(21)27/h6-13,25-26H,3-5H2,1-2H3,(H,24,28). The van der Waals surface area contributed by atoms with E-state index in [1.807, 2.05) is 6.92 Å². The maximum Gasteiger partial charge on any atom is 0.272 e. The third kappa shape index (κ3) is 4.25. The second-order valence-corrected chi connectivity index (χ2v) is 9.39. The first kappa shape index (κ1) is 20.9. The molecule has 0 bridgehead atoms. The fraction of sp³-hybridized carbons (Fsp3) is 0.217. The molecular weight excluding hydrogens is 414 g/mol. The Morgan fingerprint density at radius 1 is 0.935 bits per heavy atom. The lowest BCUT2D eigenvalue weighted by Gasteiger charge is -2.10. The summed E-state index contributed by atoms with van der Waals surface area (Å²) < 4.78 is 27.5. The number of anilines is 2. The number of aryl methyl sites for hydroxylation is 2. The van der Waals surface area contributed by atoms with Crippen LogP contribution in [0.1, 0.15) is 50.5 Å². The molecule has 0 unspecified atom stereocenters. The minimum atomic E-state index is -3.70. The van der Waals surface area contributed by atoms with Crippen LogP contribution in [0.15, 0.2) is 53.4 Å². The van der Waals surface area contributed by atoms with Crippen LogP contribution in [-0.4, -0.2) is 25.1 Å². The summed E-state index contributed by atoms with van der Waals surface area (Å²) in [5.74, 6) is -0.271. The molecule has 0 saturated carbocycles. The largest absolute Gasteiger partial charge is 0.354 e. The number of rotatable bonds is 5. The summed E-state index contributed by atoms with van der Waals surface area (Å²) >= 11 is 0. The highest BCUT2D eigenvalue weighted by Gasteiger charge is 2.26. The molecule has 3 N–H and O–H groups in total. The number of amides is 1. The van der Waals surface area contributed by atoms with Crippen molar-refractivity contribution in [1.29, 1.82) is 0 Å². The van der Waals surface area contributed by atoms with Crippen LogP contribution in [0, 0.1) is 13.8 Å². The molecule has 1 aliphatic rings. The van der Waals surface area contributed by atoms with Gasteiger partial charge >= 0.3 is 0 Å². The molecule has 7 nitrogen and oxygen atoms in total. The van der Waals surface area contributed by atoms with Crippen LogP contribution in [0.4, 0.5) is 11.4 Å². The van der Waals surface area contributed by atoms with Crippen molar-refractivity contribution >= 4 is 33.1 Å². The van der Waals surface area contributed by atoms with Gasteiger partial charge in [-0.05, 0) is 68.7 Å². The summed E-state index contributed by atoms with van der Waals surface area (Å²) in [5, 5.41) is 2.79. The van der Waals surface area contributed by atoms with Gasteiger partial charge in [0.2, 0.25) is 0 Å². The van der Waals surface area contributed by atoms with Crippen LogP contribution in [0.5, 0.6) is 0 Å². The fourth-order valence-electron chi connectivity index (χ4n) is 3.75. The molecule has 31 heavy (non-hydrogen) atoms. The first-order valence-corrected chi connectivity index (χ1v) is 11.5. The lowest BCUT2D eigenvalue weighted by molar-refractivity contribution is 0.0971. The van der Waals surface area contributed by atoms with Crippen molar-refractivity contribution in [3.63, 3.8) is 0 Å². The molecule has 0 spiro atoms. The Labute approximate surface area is 180 Å². The first-order chi connectivity index (χ1) is 14.7. The number of hydrogen-bond acceptors (Lipinski definition) is 4. The average Bonchev–Trinajstić information content (AvgIpc) is 3.07. The van der Waals surface area contributed by atoms with E-state index in [0.29, 0.717) is 34.6 Å². The Morgan fingerprint density at radius 2 is 1.58 bits per heavy atom. The Morgan fingerprint density at radius 3 is 2.23 bits per heavy atom. The van der Waals surface area contributed by atoms with Crippen LogP contribution in [-0.2, 0) is 16.4 Å². The molecule has 1 aromatic heterocycles. The molecule has 0 radical (unpaired) electrons. The molecule has 0 saturated heterocycles. The van der Waals surface area contributed by atoms with Crippen molar-refractivity contribution in [2.75, 3.05) is 10.0 Å². The molecule has 1 aliphatic carbocycles. The zero-order valence-corrected chi connectivity index (χ0v) is 18.1. The van der Waals surface area contributed by atoms with E-state index < -0.39 is 10.0 Å². The molecular formula is C23H23N3O4S. The molecule has 2 aromatic carbocycles. The van der Waals surface area contributed by atoms with E-state index in [1.54, 1.807) is 55.5 Å². The van der Waals surface area contributed by atoms with Crippen molar-refractivity contribution in [3.8, 4) is 0 Å². The molecule has 1 heterocycles. The molecule has 3 aromatic rings. The van der Waals surface area contributed by atoms with Crippen LogP contribution in [0.25, 0.3) is 0 Å². The number of Topliss-reactive ketones (excluding diaryl/α,β-unsaturated/α-hetero) is 1. The number of carbonyl (C=O) groups is 2. The van der Waals surface area contributed by atoms with Gasteiger partial charge in [-0.3, -0.25) is 14.3 Å². The van der Waals surface area contributed by atoms with Crippen molar-refractivity contribution in [3.05, 3.63) is 76.6 Å². The lowest BCUT2D eigenvalue weighted by Crippen LogP contribution is -2.15. The maximum atomic E-state index is 12.7. The molecule has 4 rings (SSSR count). The van der Waals surface area contributed by atoms with Gasteiger partial charge in [-0.2, -0.15) is 0 Å². The summed E-state index contributed by atoms with van der Waals surface area (Å²) in [5.41, 5.74) is 4.37. The van der Waals surface area contributed by atoms with Gasteiger partial charge in [-0.25, -0.2) is 8.42 Å². The summed E-state index contributed by atoms with van der Waals surface area (Å²) in [7, 11) is -3.70. The molecule has 8 heteroatoms. The topological polar surface area (TPSA) is 108 Å². The van der Waals surface area contributed by atoms with E-state index >= 15 is 0 Å². The summed E-state index contributed by atoms with van der Waals surface area (Å²) in [4.78, 5) is 28.2. The lowest BCUT2D eigenvalue weighted by atomic mass is 9.94. The van der Waals surface area contributed by atoms with Crippen LogP contribution in [0.2, 0.25) is 0 Å². The Kier molecular flexibility index (Phi) is 5.41. The number of carbonyl (C=O) groups excluding carboxylic acids is 2. The molecule has 0 atom stereocenters. The van der Waals surface area contributed by atoms with E-state index in [9.17, 15) is 18.0 Å². The number of sulfonamides is 1. The summed E-state index contributed by atoms with van der Waals surface area (Å²) in [6, 6.07) is 13.0. The third-order valence-electron chi connectivity index (χ3n) is 5.39.